The maximum Gasteiger partial charge on any atom is 0.359 e. The van der Waals surface area contributed by atoms with Crippen molar-refractivity contribution in [2.75, 3.05) is 27.2 Å². The molecular weight excluding hydrogens is 230 g/mol. The number of quaternary nitrogens is 1. The maximum absolute atomic E-state index is 10.6. The topological polar surface area (TPSA) is 67.3 Å². The van der Waals surface area contributed by atoms with Gasteiger partial charge in [-0.05, 0) is 12.8 Å². The molecule has 0 aliphatic rings. The van der Waals surface area contributed by atoms with Crippen molar-refractivity contribution >= 4 is 5.97 Å². The quantitative estimate of drug-likeness (QED) is 0.459. The molecule has 0 aliphatic heterocycles. The van der Waals surface area contributed by atoms with Crippen LogP contribution in [0.1, 0.15) is 58.3 Å². The molecule has 0 saturated carbocycles. The molecule has 0 aliphatic carbocycles. The summed E-state index contributed by atoms with van der Waals surface area (Å²) in [6, 6.07) is 0. The predicted molar refractivity (Wildman–Crippen MR) is 74.0 cm³/mol. The van der Waals surface area contributed by atoms with E-state index < -0.39 is 5.97 Å². The minimum absolute atomic E-state index is 0. The van der Waals surface area contributed by atoms with E-state index in [2.05, 4.69) is 6.92 Å². The standard InChI is InChI=1S/C14H29NO2.H2O/c1-4-5-6-7-8-9-10-11-12-15(2,3)13-14(16)17;/h4-13H2,1-3H3;1H2. The first-order valence-corrected chi connectivity index (χ1v) is 7.02. The van der Waals surface area contributed by atoms with Crippen molar-refractivity contribution in [3.63, 3.8) is 0 Å². The Morgan fingerprint density at radius 2 is 1.39 bits per heavy atom. The summed E-state index contributed by atoms with van der Waals surface area (Å²) in [6.07, 6.45) is 10.4. The minimum atomic E-state index is -0.699. The van der Waals surface area contributed by atoms with Crippen LogP contribution in [0.2, 0.25) is 0 Å². The molecule has 0 aromatic rings. The van der Waals surface area contributed by atoms with Gasteiger partial charge in [-0.25, -0.2) is 4.79 Å². The molecule has 4 nitrogen and oxygen atoms in total. The third kappa shape index (κ3) is 13.5. The largest absolute Gasteiger partial charge is 0.870 e. The Morgan fingerprint density at radius 3 is 1.83 bits per heavy atom. The highest BCUT2D eigenvalue weighted by Gasteiger charge is 2.18. The monoisotopic (exact) mass is 261 g/mol. The summed E-state index contributed by atoms with van der Waals surface area (Å²) in [5, 5.41) is 8.76. The van der Waals surface area contributed by atoms with E-state index in [1.807, 2.05) is 14.1 Å². The summed E-state index contributed by atoms with van der Waals surface area (Å²) in [5.74, 6) is -0.699. The number of carbonyl (C=O) groups is 1. The SMILES string of the molecule is CCCCCCCCCC[N+](C)(C)CC(=O)O.[OH-]. The van der Waals surface area contributed by atoms with Crippen molar-refractivity contribution in [3.05, 3.63) is 0 Å². The zero-order valence-corrected chi connectivity index (χ0v) is 12.3. The van der Waals surface area contributed by atoms with Crippen LogP contribution in [0.25, 0.3) is 0 Å². The van der Waals surface area contributed by atoms with Gasteiger partial charge in [0.1, 0.15) is 0 Å². The molecule has 0 heterocycles. The number of carboxylic acids is 1. The Hall–Kier alpha value is -0.610. The van der Waals surface area contributed by atoms with Crippen LogP contribution >= 0.6 is 0 Å². The molecule has 2 N–H and O–H groups in total. The molecule has 0 atom stereocenters. The third-order valence-electron chi connectivity index (χ3n) is 3.18. The van der Waals surface area contributed by atoms with Gasteiger partial charge in [-0.3, -0.25) is 0 Å². The average molecular weight is 261 g/mol. The molecule has 0 saturated heterocycles. The van der Waals surface area contributed by atoms with E-state index in [1.165, 1.54) is 44.9 Å². The summed E-state index contributed by atoms with van der Waals surface area (Å²) in [6.45, 7) is 3.44. The fraction of sp³-hybridized carbons (Fsp3) is 0.929. The van der Waals surface area contributed by atoms with E-state index in [-0.39, 0.29) is 12.0 Å². The molecule has 0 amide bonds. The van der Waals surface area contributed by atoms with Crippen LogP contribution in [0.15, 0.2) is 0 Å². The van der Waals surface area contributed by atoms with Crippen molar-refractivity contribution < 1.29 is 19.9 Å². The fourth-order valence-corrected chi connectivity index (χ4v) is 2.12. The Labute approximate surface area is 112 Å². The van der Waals surface area contributed by atoms with Gasteiger partial charge >= 0.3 is 5.97 Å². The lowest BCUT2D eigenvalue weighted by Gasteiger charge is -2.27. The van der Waals surface area contributed by atoms with Crippen LogP contribution in [-0.4, -0.2) is 48.2 Å². The first kappa shape index (κ1) is 19.7. The van der Waals surface area contributed by atoms with E-state index in [0.717, 1.165) is 13.0 Å². The highest BCUT2D eigenvalue weighted by molar-refractivity contribution is 5.67. The Balaban J connectivity index is 0. The second-order valence-electron chi connectivity index (χ2n) is 5.69. The van der Waals surface area contributed by atoms with E-state index in [9.17, 15) is 4.79 Å². The molecule has 0 aromatic carbocycles. The molecule has 0 spiro atoms. The van der Waals surface area contributed by atoms with E-state index in [1.54, 1.807) is 0 Å². The Morgan fingerprint density at radius 1 is 0.944 bits per heavy atom. The first-order chi connectivity index (χ1) is 7.98. The van der Waals surface area contributed by atoms with Crippen LogP contribution in [0, 0.1) is 0 Å². The van der Waals surface area contributed by atoms with Crippen molar-refractivity contribution in [2.45, 2.75) is 58.3 Å². The summed E-state index contributed by atoms with van der Waals surface area (Å²) in [5.41, 5.74) is 0. The molecule has 0 radical (unpaired) electrons. The molecule has 0 unspecified atom stereocenters. The Kier molecular flexibility index (Phi) is 12.6. The lowest BCUT2D eigenvalue weighted by Crippen LogP contribution is -2.44. The van der Waals surface area contributed by atoms with Crippen molar-refractivity contribution in [1.29, 1.82) is 0 Å². The van der Waals surface area contributed by atoms with Gasteiger partial charge in [-0.1, -0.05) is 45.4 Å². The smallest absolute Gasteiger partial charge is 0.359 e. The van der Waals surface area contributed by atoms with Crippen LogP contribution in [0.3, 0.4) is 0 Å². The highest BCUT2D eigenvalue weighted by Crippen LogP contribution is 2.10. The van der Waals surface area contributed by atoms with Gasteiger partial charge in [0.25, 0.3) is 0 Å². The fourth-order valence-electron chi connectivity index (χ4n) is 2.12. The number of carboxylic acid groups (broad SMARTS) is 1. The van der Waals surface area contributed by atoms with E-state index >= 15 is 0 Å². The molecular formula is C14H31NO3. The number of likely N-dealkylation sites (N-methyl/N-ethyl adjacent to an activating group) is 1. The zero-order chi connectivity index (χ0) is 13.1. The molecule has 0 aromatic heterocycles. The van der Waals surface area contributed by atoms with E-state index in [4.69, 9.17) is 5.11 Å². The normalized spacial score (nSPS) is 11.1. The van der Waals surface area contributed by atoms with Crippen LogP contribution in [0.4, 0.5) is 0 Å². The van der Waals surface area contributed by atoms with Gasteiger partial charge in [0.05, 0.1) is 20.6 Å². The number of unbranched alkanes of at least 4 members (excludes halogenated alkanes) is 7. The summed E-state index contributed by atoms with van der Waals surface area (Å²) in [4.78, 5) is 10.6. The van der Waals surface area contributed by atoms with E-state index in [0.29, 0.717) is 4.48 Å². The second kappa shape index (κ2) is 11.5. The molecule has 0 bridgehead atoms. The molecule has 4 heteroatoms. The van der Waals surface area contributed by atoms with Crippen LogP contribution in [0.5, 0.6) is 0 Å². The summed E-state index contributed by atoms with van der Waals surface area (Å²) >= 11 is 0. The molecule has 0 fully saturated rings. The first-order valence-electron chi connectivity index (χ1n) is 7.02. The van der Waals surface area contributed by atoms with Gasteiger partial charge in [-0.15, -0.1) is 0 Å². The maximum atomic E-state index is 10.6. The van der Waals surface area contributed by atoms with Crippen molar-refractivity contribution in [2.24, 2.45) is 0 Å². The molecule has 18 heavy (non-hydrogen) atoms. The van der Waals surface area contributed by atoms with Crippen LogP contribution in [-0.2, 0) is 4.79 Å². The minimum Gasteiger partial charge on any atom is -0.870 e. The number of hydrogen-bond acceptors (Lipinski definition) is 2. The lowest BCUT2D eigenvalue weighted by atomic mass is 10.1. The van der Waals surface area contributed by atoms with Gasteiger partial charge in [0, 0.05) is 0 Å². The zero-order valence-electron chi connectivity index (χ0n) is 12.3. The number of hydrogen-bond donors (Lipinski definition) is 1. The predicted octanol–water partition coefficient (Wildman–Crippen LogP) is 3.11. The number of nitrogens with zero attached hydrogens (tertiary/aromatic N) is 1. The Bertz CT molecular complexity index is 205. The average Bonchev–Trinajstić information content (AvgIpc) is 2.20. The third-order valence-corrected chi connectivity index (χ3v) is 3.18. The highest BCUT2D eigenvalue weighted by atomic mass is 16.4. The second-order valence-corrected chi connectivity index (χ2v) is 5.69. The number of aliphatic carboxylic acids is 1. The van der Waals surface area contributed by atoms with Gasteiger partial charge < -0.3 is 15.1 Å². The summed E-state index contributed by atoms with van der Waals surface area (Å²) < 4.78 is 0.602. The van der Waals surface area contributed by atoms with Gasteiger partial charge in [0.2, 0.25) is 0 Å². The number of rotatable bonds is 11. The molecule has 110 valence electrons. The van der Waals surface area contributed by atoms with Gasteiger partial charge in [0.15, 0.2) is 6.54 Å². The lowest BCUT2D eigenvalue weighted by molar-refractivity contribution is -0.883. The van der Waals surface area contributed by atoms with Crippen molar-refractivity contribution in [3.8, 4) is 0 Å². The van der Waals surface area contributed by atoms with Crippen molar-refractivity contribution in [1.82, 2.24) is 0 Å². The molecule has 0 rings (SSSR count). The van der Waals surface area contributed by atoms with Crippen LogP contribution < -0.4 is 0 Å². The van der Waals surface area contributed by atoms with Gasteiger partial charge in [-0.2, -0.15) is 0 Å². The summed E-state index contributed by atoms with van der Waals surface area (Å²) in [7, 11) is 3.99.